The van der Waals surface area contributed by atoms with Crippen molar-refractivity contribution in [2.45, 2.75) is 6.54 Å². The summed E-state index contributed by atoms with van der Waals surface area (Å²) in [6.45, 7) is -0.896. The first-order chi connectivity index (χ1) is 10.5. The highest BCUT2D eigenvalue weighted by atomic mass is 16.5. The summed E-state index contributed by atoms with van der Waals surface area (Å²) in [7, 11) is 1.40. The molecule has 22 heavy (non-hydrogen) atoms. The molecule has 0 atom stereocenters. The number of benzene rings is 1. The molecule has 2 N–H and O–H groups in total. The molecule has 0 saturated heterocycles. The number of ether oxygens (including phenoxy) is 2. The second-order valence-corrected chi connectivity index (χ2v) is 4.09. The Hall–Kier alpha value is -3.17. The number of methoxy groups -OCH3 is 1. The highest BCUT2D eigenvalue weighted by molar-refractivity contribution is 5.69. The number of nitrogens with zero attached hydrogens (tertiary/aromatic N) is 4. The second-order valence-electron chi connectivity index (χ2n) is 4.09. The molecule has 10 heteroatoms. The fourth-order valence-corrected chi connectivity index (χ4v) is 1.61. The number of tetrazole rings is 1. The van der Waals surface area contributed by atoms with Crippen molar-refractivity contribution in [3.63, 3.8) is 0 Å². The van der Waals surface area contributed by atoms with Crippen molar-refractivity contribution in [1.82, 2.24) is 20.2 Å². The molecule has 0 spiro atoms. The maximum atomic E-state index is 10.6. The lowest BCUT2D eigenvalue weighted by Gasteiger charge is -2.09. The van der Waals surface area contributed by atoms with Crippen LogP contribution in [0.4, 0.5) is 0 Å². The summed E-state index contributed by atoms with van der Waals surface area (Å²) in [6, 6.07) is 4.64. The van der Waals surface area contributed by atoms with Crippen molar-refractivity contribution >= 4 is 11.9 Å². The van der Waals surface area contributed by atoms with Gasteiger partial charge in [-0.3, -0.25) is 4.79 Å². The fraction of sp³-hybridized carbons (Fsp3) is 0.250. The van der Waals surface area contributed by atoms with E-state index in [2.05, 4.69) is 15.4 Å². The van der Waals surface area contributed by atoms with Crippen molar-refractivity contribution in [2.75, 3.05) is 13.7 Å². The number of carboxylic acid groups (broad SMARTS) is 2. The average molecular weight is 308 g/mol. The Kier molecular flexibility index (Phi) is 4.51. The summed E-state index contributed by atoms with van der Waals surface area (Å²) >= 11 is 0. The summed E-state index contributed by atoms with van der Waals surface area (Å²) in [5, 5.41) is 28.5. The first kappa shape index (κ1) is 15.2. The zero-order valence-corrected chi connectivity index (χ0v) is 11.5. The zero-order chi connectivity index (χ0) is 16.1. The minimum atomic E-state index is -1.11. The van der Waals surface area contributed by atoms with Gasteiger partial charge in [0.2, 0.25) is 5.82 Å². The third-order valence-corrected chi connectivity index (χ3v) is 2.50. The number of carboxylic acids is 2. The normalized spacial score (nSPS) is 10.2. The number of hydrogen-bond acceptors (Lipinski definition) is 7. The van der Waals surface area contributed by atoms with E-state index in [0.717, 1.165) is 4.80 Å². The molecule has 0 aliphatic heterocycles. The van der Waals surface area contributed by atoms with E-state index in [-0.39, 0.29) is 11.6 Å². The summed E-state index contributed by atoms with van der Waals surface area (Å²) in [4.78, 5) is 22.0. The van der Waals surface area contributed by atoms with Gasteiger partial charge in [-0.25, -0.2) is 4.79 Å². The van der Waals surface area contributed by atoms with Crippen molar-refractivity contribution < 1.29 is 29.3 Å². The van der Waals surface area contributed by atoms with Gasteiger partial charge in [0.25, 0.3) is 0 Å². The third-order valence-electron chi connectivity index (χ3n) is 2.50. The molecule has 10 nitrogen and oxygen atoms in total. The van der Waals surface area contributed by atoms with Crippen LogP contribution in [0, 0.1) is 0 Å². The Morgan fingerprint density at radius 1 is 1.23 bits per heavy atom. The summed E-state index contributed by atoms with van der Waals surface area (Å²) in [5.41, 5.74) is 0.524. The molecular weight excluding hydrogens is 296 g/mol. The largest absolute Gasteiger partial charge is 0.493 e. The van der Waals surface area contributed by atoms with Crippen LogP contribution in [0.3, 0.4) is 0 Å². The SMILES string of the molecule is COc1cc(-c2nnn(CC(=O)O)n2)ccc1OCC(=O)O. The lowest BCUT2D eigenvalue weighted by Crippen LogP contribution is -2.11. The van der Waals surface area contributed by atoms with Crippen LogP contribution in [-0.4, -0.2) is 56.1 Å². The number of aromatic nitrogens is 4. The second kappa shape index (κ2) is 6.52. The highest BCUT2D eigenvalue weighted by Gasteiger charge is 2.13. The van der Waals surface area contributed by atoms with E-state index in [1.165, 1.54) is 13.2 Å². The molecule has 2 aromatic rings. The van der Waals surface area contributed by atoms with E-state index >= 15 is 0 Å². The van der Waals surface area contributed by atoms with Gasteiger partial charge in [-0.1, -0.05) is 0 Å². The van der Waals surface area contributed by atoms with Gasteiger partial charge >= 0.3 is 11.9 Å². The van der Waals surface area contributed by atoms with E-state index in [0.29, 0.717) is 11.3 Å². The van der Waals surface area contributed by atoms with Crippen LogP contribution >= 0.6 is 0 Å². The van der Waals surface area contributed by atoms with Gasteiger partial charge in [-0.15, -0.1) is 10.2 Å². The number of hydrogen-bond donors (Lipinski definition) is 2. The van der Waals surface area contributed by atoms with Crippen molar-refractivity contribution in [3.8, 4) is 22.9 Å². The van der Waals surface area contributed by atoms with Gasteiger partial charge in [0.15, 0.2) is 24.7 Å². The Morgan fingerprint density at radius 3 is 2.64 bits per heavy atom. The molecule has 0 bridgehead atoms. The topological polar surface area (TPSA) is 137 Å². The van der Waals surface area contributed by atoms with Crippen molar-refractivity contribution in [3.05, 3.63) is 18.2 Å². The Morgan fingerprint density at radius 2 is 2.00 bits per heavy atom. The van der Waals surface area contributed by atoms with Crippen LogP contribution in [0.15, 0.2) is 18.2 Å². The van der Waals surface area contributed by atoms with E-state index in [4.69, 9.17) is 19.7 Å². The molecule has 0 saturated carbocycles. The van der Waals surface area contributed by atoms with Crippen LogP contribution in [0.1, 0.15) is 0 Å². The molecular formula is C12H12N4O6. The van der Waals surface area contributed by atoms with Gasteiger partial charge < -0.3 is 19.7 Å². The molecule has 0 aliphatic rings. The van der Waals surface area contributed by atoms with Crippen LogP contribution in [0.2, 0.25) is 0 Å². The maximum Gasteiger partial charge on any atom is 0.341 e. The lowest BCUT2D eigenvalue weighted by atomic mass is 10.2. The van der Waals surface area contributed by atoms with E-state index in [9.17, 15) is 9.59 Å². The summed E-state index contributed by atoms with van der Waals surface area (Å²) in [6.07, 6.45) is 0. The van der Waals surface area contributed by atoms with E-state index in [1.54, 1.807) is 12.1 Å². The molecule has 1 aromatic heterocycles. The van der Waals surface area contributed by atoms with Gasteiger partial charge in [0, 0.05) is 5.56 Å². The van der Waals surface area contributed by atoms with E-state index < -0.39 is 25.1 Å². The molecule has 0 unspecified atom stereocenters. The Bertz CT molecular complexity index is 699. The van der Waals surface area contributed by atoms with Gasteiger partial charge in [0.1, 0.15) is 0 Å². The lowest BCUT2D eigenvalue weighted by molar-refractivity contribution is -0.139. The molecule has 2 rings (SSSR count). The van der Waals surface area contributed by atoms with Crippen LogP contribution in [0.5, 0.6) is 11.5 Å². The zero-order valence-electron chi connectivity index (χ0n) is 11.5. The Labute approximate surface area is 123 Å². The molecule has 0 radical (unpaired) electrons. The predicted molar refractivity (Wildman–Crippen MR) is 70.6 cm³/mol. The quantitative estimate of drug-likeness (QED) is 0.718. The van der Waals surface area contributed by atoms with Crippen LogP contribution in [-0.2, 0) is 16.1 Å². The monoisotopic (exact) mass is 308 g/mol. The van der Waals surface area contributed by atoms with Gasteiger partial charge in [-0.2, -0.15) is 4.80 Å². The fourth-order valence-electron chi connectivity index (χ4n) is 1.61. The highest BCUT2D eigenvalue weighted by Crippen LogP contribution is 2.31. The van der Waals surface area contributed by atoms with Crippen molar-refractivity contribution in [1.29, 1.82) is 0 Å². The third kappa shape index (κ3) is 3.69. The maximum absolute atomic E-state index is 10.6. The average Bonchev–Trinajstić information content (AvgIpc) is 2.92. The predicted octanol–water partition coefficient (Wildman–Crippen LogP) is -0.103. The molecule has 1 aromatic carbocycles. The molecule has 0 fully saturated rings. The first-order valence-electron chi connectivity index (χ1n) is 6.02. The standard InChI is InChI=1S/C12H12N4O6/c1-21-9-4-7(2-3-8(9)22-6-11(19)20)12-13-15-16(14-12)5-10(17)18/h2-4H,5-6H2,1H3,(H,17,18)(H,19,20). The minimum absolute atomic E-state index is 0.212. The van der Waals surface area contributed by atoms with Crippen LogP contribution in [0.25, 0.3) is 11.4 Å². The molecule has 0 aliphatic carbocycles. The van der Waals surface area contributed by atoms with Crippen molar-refractivity contribution in [2.24, 2.45) is 0 Å². The van der Waals surface area contributed by atoms with Crippen LogP contribution < -0.4 is 9.47 Å². The number of aliphatic carboxylic acids is 2. The molecule has 0 amide bonds. The van der Waals surface area contributed by atoms with Gasteiger partial charge in [0.05, 0.1) is 7.11 Å². The van der Waals surface area contributed by atoms with E-state index in [1.807, 2.05) is 0 Å². The number of carbonyl (C=O) groups is 2. The smallest absolute Gasteiger partial charge is 0.341 e. The molecule has 116 valence electrons. The summed E-state index contributed by atoms with van der Waals surface area (Å²) < 4.78 is 10.2. The molecule has 1 heterocycles. The van der Waals surface area contributed by atoms with Gasteiger partial charge in [-0.05, 0) is 23.4 Å². The Balaban J connectivity index is 2.23. The minimum Gasteiger partial charge on any atom is -0.493 e. The first-order valence-corrected chi connectivity index (χ1v) is 6.02. The number of rotatable bonds is 7. The summed E-state index contributed by atoms with van der Waals surface area (Å²) in [5.74, 6) is -1.42.